The van der Waals surface area contributed by atoms with Gasteiger partial charge in [-0.05, 0) is 24.6 Å². The van der Waals surface area contributed by atoms with Crippen LogP contribution < -0.4 is 15.8 Å². The van der Waals surface area contributed by atoms with Gasteiger partial charge in [0.05, 0.1) is 5.56 Å². The SMILES string of the molecule is Cc1ccc(C#N)c(OCC(O)CNCCN)c1. The van der Waals surface area contributed by atoms with E-state index in [0.717, 1.165) is 5.56 Å². The van der Waals surface area contributed by atoms with E-state index in [0.29, 0.717) is 30.9 Å². The monoisotopic (exact) mass is 249 g/mol. The molecule has 1 aromatic carbocycles. The van der Waals surface area contributed by atoms with Gasteiger partial charge in [-0.2, -0.15) is 5.26 Å². The molecule has 0 aliphatic carbocycles. The van der Waals surface area contributed by atoms with Gasteiger partial charge in [-0.15, -0.1) is 0 Å². The fourth-order valence-corrected chi connectivity index (χ4v) is 1.46. The van der Waals surface area contributed by atoms with E-state index in [1.54, 1.807) is 12.1 Å². The zero-order chi connectivity index (χ0) is 13.4. The molecule has 5 heteroatoms. The lowest BCUT2D eigenvalue weighted by atomic mass is 10.1. The number of nitrogens with zero attached hydrogens (tertiary/aromatic N) is 1. The zero-order valence-corrected chi connectivity index (χ0v) is 10.5. The van der Waals surface area contributed by atoms with Crippen molar-refractivity contribution in [2.45, 2.75) is 13.0 Å². The molecule has 1 atom stereocenters. The number of nitriles is 1. The number of ether oxygens (including phenoxy) is 1. The maximum Gasteiger partial charge on any atom is 0.137 e. The molecule has 0 aliphatic rings. The summed E-state index contributed by atoms with van der Waals surface area (Å²) in [5.41, 5.74) is 6.81. The summed E-state index contributed by atoms with van der Waals surface area (Å²) in [6.45, 7) is 3.68. The van der Waals surface area contributed by atoms with Crippen molar-refractivity contribution in [3.63, 3.8) is 0 Å². The molecule has 0 aliphatic heterocycles. The molecule has 1 rings (SSSR count). The van der Waals surface area contributed by atoms with Gasteiger partial charge in [0.1, 0.15) is 24.5 Å². The molecular weight excluding hydrogens is 230 g/mol. The Bertz CT molecular complexity index is 415. The largest absolute Gasteiger partial charge is 0.489 e. The number of nitrogens with two attached hydrogens (primary N) is 1. The van der Waals surface area contributed by atoms with Crippen LogP contribution in [-0.4, -0.2) is 37.5 Å². The van der Waals surface area contributed by atoms with Crippen LogP contribution in [-0.2, 0) is 0 Å². The molecule has 0 bridgehead atoms. The molecule has 0 saturated carbocycles. The van der Waals surface area contributed by atoms with E-state index >= 15 is 0 Å². The molecule has 1 aromatic rings. The van der Waals surface area contributed by atoms with Gasteiger partial charge in [0.15, 0.2) is 0 Å². The Morgan fingerprint density at radius 1 is 1.56 bits per heavy atom. The van der Waals surface area contributed by atoms with Crippen molar-refractivity contribution in [1.29, 1.82) is 5.26 Å². The molecular formula is C13H19N3O2. The first-order valence-electron chi connectivity index (χ1n) is 5.89. The molecule has 0 heterocycles. The Morgan fingerprint density at radius 2 is 2.33 bits per heavy atom. The molecule has 1 unspecified atom stereocenters. The second-order valence-electron chi connectivity index (χ2n) is 4.07. The average Bonchev–Trinajstić information content (AvgIpc) is 2.37. The summed E-state index contributed by atoms with van der Waals surface area (Å²) in [4.78, 5) is 0. The van der Waals surface area contributed by atoms with Crippen molar-refractivity contribution < 1.29 is 9.84 Å². The highest BCUT2D eigenvalue weighted by atomic mass is 16.5. The lowest BCUT2D eigenvalue weighted by molar-refractivity contribution is 0.106. The number of rotatable bonds is 7. The first-order chi connectivity index (χ1) is 8.67. The molecule has 0 radical (unpaired) electrons. The minimum atomic E-state index is -0.622. The summed E-state index contributed by atoms with van der Waals surface area (Å²) >= 11 is 0. The number of nitrogens with one attached hydrogen (secondary N) is 1. The Kier molecular flexibility index (Phi) is 6.15. The predicted molar refractivity (Wildman–Crippen MR) is 69.3 cm³/mol. The molecule has 0 spiro atoms. The minimum absolute atomic E-state index is 0.149. The van der Waals surface area contributed by atoms with Crippen LogP contribution in [0.4, 0.5) is 0 Å². The van der Waals surface area contributed by atoms with Gasteiger partial charge in [-0.1, -0.05) is 6.07 Å². The number of aryl methyl sites for hydroxylation is 1. The van der Waals surface area contributed by atoms with E-state index in [1.165, 1.54) is 0 Å². The van der Waals surface area contributed by atoms with Gasteiger partial charge >= 0.3 is 0 Å². The summed E-state index contributed by atoms with van der Waals surface area (Å²) in [5, 5.41) is 21.6. The highest BCUT2D eigenvalue weighted by Gasteiger charge is 2.08. The Hall–Kier alpha value is -1.61. The fourth-order valence-electron chi connectivity index (χ4n) is 1.46. The van der Waals surface area contributed by atoms with Crippen LogP contribution in [0.2, 0.25) is 0 Å². The fraction of sp³-hybridized carbons (Fsp3) is 0.462. The van der Waals surface area contributed by atoms with Crippen LogP contribution in [0.15, 0.2) is 18.2 Å². The van der Waals surface area contributed by atoms with Crippen molar-refractivity contribution in [2.24, 2.45) is 5.73 Å². The first-order valence-corrected chi connectivity index (χ1v) is 5.89. The molecule has 98 valence electrons. The van der Waals surface area contributed by atoms with Crippen LogP contribution in [0.25, 0.3) is 0 Å². The van der Waals surface area contributed by atoms with Gasteiger partial charge in [-0.25, -0.2) is 0 Å². The van der Waals surface area contributed by atoms with E-state index in [9.17, 15) is 5.11 Å². The molecule has 4 N–H and O–H groups in total. The number of aliphatic hydroxyl groups is 1. The van der Waals surface area contributed by atoms with Gasteiger partial charge in [0, 0.05) is 19.6 Å². The number of aliphatic hydroxyl groups excluding tert-OH is 1. The van der Waals surface area contributed by atoms with Gasteiger partial charge in [0.25, 0.3) is 0 Å². The number of hydrogen-bond acceptors (Lipinski definition) is 5. The van der Waals surface area contributed by atoms with Crippen molar-refractivity contribution in [3.05, 3.63) is 29.3 Å². The maximum atomic E-state index is 9.66. The van der Waals surface area contributed by atoms with Gasteiger partial charge in [0.2, 0.25) is 0 Å². The lowest BCUT2D eigenvalue weighted by Gasteiger charge is -2.14. The highest BCUT2D eigenvalue weighted by molar-refractivity contribution is 5.44. The quantitative estimate of drug-likeness (QED) is 0.599. The molecule has 0 amide bonds. The van der Waals surface area contributed by atoms with E-state index in [1.807, 2.05) is 13.0 Å². The first kappa shape index (κ1) is 14.5. The topological polar surface area (TPSA) is 91.3 Å². The second-order valence-corrected chi connectivity index (χ2v) is 4.07. The van der Waals surface area contributed by atoms with Crippen molar-refractivity contribution in [2.75, 3.05) is 26.2 Å². The summed E-state index contributed by atoms with van der Waals surface area (Å²) in [5.74, 6) is 0.510. The summed E-state index contributed by atoms with van der Waals surface area (Å²) in [6, 6.07) is 7.41. The summed E-state index contributed by atoms with van der Waals surface area (Å²) < 4.78 is 5.46. The third kappa shape index (κ3) is 4.72. The summed E-state index contributed by atoms with van der Waals surface area (Å²) in [6.07, 6.45) is -0.622. The molecule has 18 heavy (non-hydrogen) atoms. The third-order valence-electron chi connectivity index (χ3n) is 2.39. The van der Waals surface area contributed by atoms with E-state index < -0.39 is 6.10 Å². The third-order valence-corrected chi connectivity index (χ3v) is 2.39. The van der Waals surface area contributed by atoms with E-state index in [2.05, 4.69) is 11.4 Å². The molecule has 0 aromatic heterocycles. The summed E-state index contributed by atoms with van der Waals surface area (Å²) in [7, 11) is 0. The zero-order valence-electron chi connectivity index (χ0n) is 10.5. The molecule has 5 nitrogen and oxygen atoms in total. The van der Waals surface area contributed by atoms with E-state index in [4.69, 9.17) is 15.7 Å². The second kappa shape index (κ2) is 7.67. The normalized spacial score (nSPS) is 11.9. The van der Waals surface area contributed by atoms with Gasteiger partial charge in [-0.3, -0.25) is 0 Å². The van der Waals surface area contributed by atoms with E-state index in [-0.39, 0.29) is 6.61 Å². The minimum Gasteiger partial charge on any atom is -0.489 e. The van der Waals surface area contributed by atoms with Crippen LogP contribution in [0.3, 0.4) is 0 Å². The molecule has 0 saturated heterocycles. The highest BCUT2D eigenvalue weighted by Crippen LogP contribution is 2.19. The van der Waals surface area contributed by atoms with Crippen LogP contribution in [0, 0.1) is 18.3 Å². The van der Waals surface area contributed by atoms with Crippen molar-refractivity contribution >= 4 is 0 Å². The standard InChI is InChI=1S/C13H19N3O2/c1-10-2-3-11(7-15)13(6-10)18-9-12(17)8-16-5-4-14/h2-3,6,12,16-17H,4-5,8-9,14H2,1H3. The Balaban J connectivity index is 2.47. The number of hydrogen-bond donors (Lipinski definition) is 3. The van der Waals surface area contributed by atoms with Crippen LogP contribution in [0.1, 0.15) is 11.1 Å². The lowest BCUT2D eigenvalue weighted by Crippen LogP contribution is -2.34. The van der Waals surface area contributed by atoms with Crippen molar-refractivity contribution in [1.82, 2.24) is 5.32 Å². The Labute approximate surface area is 107 Å². The smallest absolute Gasteiger partial charge is 0.137 e. The predicted octanol–water partition coefficient (Wildman–Crippen LogP) is 0.155. The molecule has 0 fully saturated rings. The van der Waals surface area contributed by atoms with Crippen LogP contribution >= 0.6 is 0 Å². The average molecular weight is 249 g/mol. The van der Waals surface area contributed by atoms with Crippen LogP contribution in [0.5, 0.6) is 5.75 Å². The maximum absolute atomic E-state index is 9.66. The Morgan fingerprint density at radius 3 is 3.00 bits per heavy atom. The number of benzene rings is 1. The van der Waals surface area contributed by atoms with Crippen molar-refractivity contribution in [3.8, 4) is 11.8 Å². The van der Waals surface area contributed by atoms with Gasteiger partial charge < -0.3 is 20.9 Å².